The van der Waals surface area contributed by atoms with Gasteiger partial charge in [0.05, 0.1) is 11.4 Å². The number of hydrogen-bond donors (Lipinski definition) is 1. The number of nitrogens with one attached hydrogen (secondary N) is 1. The van der Waals surface area contributed by atoms with Gasteiger partial charge in [-0.05, 0) is 48.6 Å². The van der Waals surface area contributed by atoms with Crippen molar-refractivity contribution in [2.45, 2.75) is 19.4 Å². The molecule has 2 aromatic rings. The maximum atomic E-state index is 12.9. The smallest absolute Gasteiger partial charge is 0.325 e. The third kappa shape index (κ3) is 3.78. The minimum atomic E-state index is -1.22. The number of ether oxygens (including phenoxy) is 1. The number of Topliss-reactive ketones (excluding diaryl/α,β-unsaturated/α-hetero) is 1. The fraction of sp³-hybridized carbons (Fsp3) is 0.250. The van der Waals surface area contributed by atoms with E-state index in [0.29, 0.717) is 22.8 Å². The van der Waals surface area contributed by atoms with Crippen molar-refractivity contribution in [1.82, 2.24) is 10.2 Å². The number of amides is 3. The van der Waals surface area contributed by atoms with Crippen LogP contribution >= 0.6 is 11.3 Å². The second-order valence-corrected chi connectivity index (χ2v) is 7.56. The summed E-state index contributed by atoms with van der Waals surface area (Å²) in [6.45, 7) is 7.41. The van der Waals surface area contributed by atoms with Gasteiger partial charge in [-0.25, -0.2) is 4.79 Å². The summed E-state index contributed by atoms with van der Waals surface area (Å²) in [5.41, 5.74) is 0.296. The zero-order chi connectivity index (χ0) is 19.6. The van der Waals surface area contributed by atoms with E-state index in [-0.39, 0.29) is 12.3 Å². The van der Waals surface area contributed by atoms with Gasteiger partial charge in [-0.3, -0.25) is 14.5 Å². The zero-order valence-electron chi connectivity index (χ0n) is 15.2. The van der Waals surface area contributed by atoms with Gasteiger partial charge in [-0.15, -0.1) is 11.3 Å². The van der Waals surface area contributed by atoms with Crippen LogP contribution < -0.4 is 10.1 Å². The molecule has 7 heteroatoms. The van der Waals surface area contributed by atoms with Gasteiger partial charge in [0, 0.05) is 0 Å². The van der Waals surface area contributed by atoms with Crippen LogP contribution in [-0.4, -0.2) is 35.8 Å². The molecule has 1 saturated heterocycles. The first-order valence-corrected chi connectivity index (χ1v) is 9.28. The predicted molar refractivity (Wildman–Crippen MR) is 103 cm³/mol. The van der Waals surface area contributed by atoms with Gasteiger partial charge >= 0.3 is 6.03 Å². The Morgan fingerprint density at radius 3 is 2.56 bits per heavy atom. The molecule has 1 N–H and O–H groups in total. The van der Waals surface area contributed by atoms with E-state index in [9.17, 15) is 14.4 Å². The second kappa shape index (κ2) is 7.36. The predicted octanol–water partition coefficient (Wildman–Crippen LogP) is 3.35. The highest BCUT2D eigenvalue weighted by atomic mass is 32.1. The largest absolute Gasteiger partial charge is 0.489 e. The summed E-state index contributed by atoms with van der Waals surface area (Å²) >= 11 is 1.28. The molecule has 6 nitrogen and oxygen atoms in total. The molecule has 1 aromatic carbocycles. The first-order valence-electron chi connectivity index (χ1n) is 8.40. The monoisotopic (exact) mass is 384 g/mol. The van der Waals surface area contributed by atoms with Gasteiger partial charge in [-0.1, -0.05) is 24.8 Å². The van der Waals surface area contributed by atoms with Crippen molar-refractivity contribution in [2.24, 2.45) is 0 Å². The van der Waals surface area contributed by atoms with Crippen molar-refractivity contribution in [2.75, 3.05) is 13.2 Å². The molecule has 2 heterocycles. The summed E-state index contributed by atoms with van der Waals surface area (Å²) in [6, 6.07) is 9.80. The zero-order valence-corrected chi connectivity index (χ0v) is 16.0. The van der Waals surface area contributed by atoms with Gasteiger partial charge in [0.2, 0.25) is 0 Å². The van der Waals surface area contributed by atoms with Gasteiger partial charge < -0.3 is 10.1 Å². The van der Waals surface area contributed by atoms with E-state index in [0.717, 1.165) is 10.5 Å². The molecule has 27 heavy (non-hydrogen) atoms. The highest BCUT2D eigenvalue weighted by Gasteiger charge is 2.49. The summed E-state index contributed by atoms with van der Waals surface area (Å²) in [6.07, 6.45) is 0. The molecule has 3 rings (SSSR count). The molecule has 0 spiro atoms. The highest BCUT2D eigenvalue weighted by Crippen LogP contribution is 2.30. The third-order valence-electron chi connectivity index (χ3n) is 4.29. The number of imide groups is 1. The minimum Gasteiger partial charge on any atom is -0.489 e. The minimum absolute atomic E-state index is 0.263. The van der Waals surface area contributed by atoms with E-state index in [4.69, 9.17) is 4.74 Å². The molecular formula is C20H20N2O4S. The normalized spacial score (nSPS) is 19.1. The van der Waals surface area contributed by atoms with Crippen molar-refractivity contribution in [3.05, 3.63) is 64.4 Å². The third-order valence-corrected chi connectivity index (χ3v) is 5.20. The number of benzene rings is 1. The first-order chi connectivity index (χ1) is 12.8. The Hall–Kier alpha value is -2.93. The highest BCUT2D eigenvalue weighted by molar-refractivity contribution is 7.12. The molecule has 1 atom stereocenters. The van der Waals surface area contributed by atoms with Crippen LogP contribution in [0, 0.1) is 0 Å². The maximum absolute atomic E-state index is 12.9. The lowest BCUT2D eigenvalue weighted by molar-refractivity contribution is -0.130. The maximum Gasteiger partial charge on any atom is 0.325 e. The number of ketones is 1. The van der Waals surface area contributed by atoms with E-state index in [1.54, 1.807) is 48.7 Å². The molecule has 1 unspecified atom stereocenters. The lowest BCUT2D eigenvalue weighted by Crippen LogP contribution is -2.41. The van der Waals surface area contributed by atoms with Gasteiger partial charge in [0.25, 0.3) is 5.91 Å². The molecule has 3 amide bonds. The molecule has 0 bridgehead atoms. The molecule has 0 radical (unpaired) electrons. The number of thiophene rings is 1. The summed E-state index contributed by atoms with van der Waals surface area (Å²) in [5, 5.41) is 4.48. The molecule has 0 saturated carbocycles. The Morgan fingerprint density at radius 1 is 1.26 bits per heavy atom. The molecule has 0 aliphatic carbocycles. The SMILES string of the molecule is C=C(C)COc1ccc(C2(C)NC(=O)N(CC(=O)c3cccs3)C2=O)cc1. The van der Waals surface area contributed by atoms with E-state index >= 15 is 0 Å². The van der Waals surface area contributed by atoms with E-state index in [1.165, 1.54) is 11.3 Å². The second-order valence-electron chi connectivity index (χ2n) is 6.62. The van der Waals surface area contributed by atoms with E-state index < -0.39 is 17.5 Å². The number of urea groups is 1. The molecule has 1 aromatic heterocycles. The average molecular weight is 384 g/mol. The molecule has 1 aliphatic heterocycles. The summed E-state index contributed by atoms with van der Waals surface area (Å²) in [5.74, 6) is -0.0684. The Balaban J connectivity index is 1.76. The van der Waals surface area contributed by atoms with Gasteiger partial charge in [0.15, 0.2) is 5.78 Å². The van der Waals surface area contributed by atoms with Crippen molar-refractivity contribution in [1.29, 1.82) is 0 Å². The molecule has 1 fully saturated rings. The number of carbonyl (C=O) groups is 3. The Morgan fingerprint density at radius 2 is 1.96 bits per heavy atom. The number of rotatable bonds is 7. The Kier molecular flexibility index (Phi) is 5.14. The van der Waals surface area contributed by atoms with Gasteiger partial charge in [0.1, 0.15) is 17.9 Å². The van der Waals surface area contributed by atoms with Crippen LogP contribution in [0.2, 0.25) is 0 Å². The Labute approximate surface area is 161 Å². The lowest BCUT2D eigenvalue weighted by Gasteiger charge is -2.22. The van der Waals surface area contributed by atoms with E-state index in [2.05, 4.69) is 11.9 Å². The summed E-state index contributed by atoms with van der Waals surface area (Å²) < 4.78 is 5.56. The number of nitrogens with zero attached hydrogens (tertiary/aromatic N) is 1. The van der Waals surface area contributed by atoms with Crippen LogP contribution in [0.5, 0.6) is 5.75 Å². The van der Waals surface area contributed by atoms with Crippen LogP contribution in [0.1, 0.15) is 29.1 Å². The summed E-state index contributed by atoms with van der Waals surface area (Å²) in [7, 11) is 0. The molecule has 1 aliphatic rings. The lowest BCUT2D eigenvalue weighted by atomic mass is 9.92. The molecular weight excluding hydrogens is 364 g/mol. The van der Waals surface area contributed by atoms with Gasteiger partial charge in [-0.2, -0.15) is 0 Å². The van der Waals surface area contributed by atoms with Crippen LogP contribution in [0.3, 0.4) is 0 Å². The van der Waals surface area contributed by atoms with Crippen LogP contribution in [0.4, 0.5) is 4.79 Å². The standard InChI is InChI=1S/C20H20N2O4S/c1-13(2)12-26-15-8-6-14(7-9-15)20(3)18(24)22(19(25)21-20)11-16(23)17-5-4-10-27-17/h4-10H,1,11-12H2,2-3H3,(H,21,25). The first kappa shape index (κ1) is 18.8. The Bertz CT molecular complexity index is 889. The fourth-order valence-corrected chi connectivity index (χ4v) is 3.44. The van der Waals surface area contributed by atoms with Crippen molar-refractivity contribution >= 4 is 29.1 Å². The van der Waals surface area contributed by atoms with Crippen LogP contribution in [0.15, 0.2) is 53.9 Å². The topological polar surface area (TPSA) is 75.7 Å². The van der Waals surface area contributed by atoms with E-state index in [1.807, 2.05) is 6.92 Å². The van der Waals surface area contributed by atoms with Crippen LogP contribution in [-0.2, 0) is 10.3 Å². The van der Waals surface area contributed by atoms with Crippen LogP contribution in [0.25, 0.3) is 0 Å². The number of hydrogen-bond acceptors (Lipinski definition) is 5. The van der Waals surface area contributed by atoms with Crippen molar-refractivity contribution < 1.29 is 19.1 Å². The van der Waals surface area contributed by atoms with Crippen molar-refractivity contribution in [3.63, 3.8) is 0 Å². The fourth-order valence-electron chi connectivity index (χ4n) is 2.79. The quantitative estimate of drug-likeness (QED) is 0.451. The average Bonchev–Trinajstić information content (AvgIpc) is 3.24. The molecule has 140 valence electrons. The summed E-state index contributed by atoms with van der Waals surface area (Å²) in [4.78, 5) is 39.0. The van der Waals surface area contributed by atoms with Crippen molar-refractivity contribution in [3.8, 4) is 5.75 Å². The number of carbonyl (C=O) groups excluding carboxylic acids is 3.